The van der Waals surface area contributed by atoms with E-state index in [1.807, 2.05) is 54.8 Å². The number of rotatable bonds is 7. The summed E-state index contributed by atoms with van der Waals surface area (Å²) >= 11 is 7.45. The van der Waals surface area contributed by atoms with Gasteiger partial charge in [-0.15, -0.1) is 16.8 Å². The van der Waals surface area contributed by atoms with Gasteiger partial charge >= 0.3 is 0 Å². The molecule has 0 atom stereocenters. The monoisotopic (exact) mass is 412 g/mol. The second-order valence-electron chi connectivity index (χ2n) is 6.27. The Morgan fingerprint density at radius 3 is 2.75 bits per heavy atom. The minimum absolute atomic E-state index is 0.124. The molecule has 0 saturated carbocycles. The van der Waals surface area contributed by atoms with Crippen molar-refractivity contribution < 1.29 is 4.79 Å². The van der Waals surface area contributed by atoms with Crippen LogP contribution < -0.4 is 5.32 Å². The van der Waals surface area contributed by atoms with Crippen LogP contribution >= 0.6 is 23.4 Å². The first-order valence-corrected chi connectivity index (χ1v) is 10.2. The van der Waals surface area contributed by atoms with Crippen LogP contribution in [0.4, 0.5) is 5.69 Å². The maximum absolute atomic E-state index is 12.4. The number of thioether (sulfide) groups is 1. The molecule has 28 heavy (non-hydrogen) atoms. The molecule has 1 heterocycles. The van der Waals surface area contributed by atoms with Crippen molar-refractivity contribution in [3.63, 3.8) is 0 Å². The third-order valence-corrected chi connectivity index (χ3v) is 5.66. The van der Waals surface area contributed by atoms with Crippen molar-refractivity contribution in [1.29, 1.82) is 0 Å². The standard InChI is InChI=1S/C21H21ClN4OS/c1-4-12-26-20(16-9-6-5-8-14(16)2)24-25-21(26)28-13-19(27)23-18-11-7-10-17(22)15(18)3/h4-11H,1,12-13H2,2-3H3,(H,23,27). The van der Waals surface area contributed by atoms with Crippen LogP contribution in [0.5, 0.6) is 0 Å². The zero-order valence-electron chi connectivity index (χ0n) is 15.8. The highest BCUT2D eigenvalue weighted by Gasteiger charge is 2.16. The van der Waals surface area contributed by atoms with Gasteiger partial charge in [-0.3, -0.25) is 9.36 Å². The third kappa shape index (κ3) is 4.46. The number of amides is 1. The van der Waals surface area contributed by atoms with Gasteiger partial charge in [0.2, 0.25) is 5.91 Å². The van der Waals surface area contributed by atoms with Crippen molar-refractivity contribution >= 4 is 35.0 Å². The average Bonchev–Trinajstić information content (AvgIpc) is 3.07. The van der Waals surface area contributed by atoms with Crippen molar-refractivity contribution in [2.24, 2.45) is 0 Å². The van der Waals surface area contributed by atoms with Gasteiger partial charge in [-0.25, -0.2) is 0 Å². The Balaban J connectivity index is 1.75. The lowest BCUT2D eigenvalue weighted by atomic mass is 10.1. The van der Waals surface area contributed by atoms with E-state index in [-0.39, 0.29) is 11.7 Å². The molecule has 5 nitrogen and oxygen atoms in total. The predicted octanol–water partition coefficient (Wildman–Crippen LogP) is 5.13. The fraction of sp³-hybridized carbons (Fsp3) is 0.190. The maximum atomic E-state index is 12.4. The molecule has 2 aromatic carbocycles. The molecule has 144 valence electrons. The first-order valence-electron chi connectivity index (χ1n) is 8.79. The molecule has 0 spiro atoms. The first kappa shape index (κ1) is 20.2. The zero-order valence-corrected chi connectivity index (χ0v) is 17.3. The summed E-state index contributed by atoms with van der Waals surface area (Å²) in [6.07, 6.45) is 1.80. The van der Waals surface area contributed by atoms with Crippen LogP contribution in [-0.2, 0) is 11.3 Å². The lowest BCUT2D eigenvalue weighted by Gasteiger charge is -2.11. The number of nitrogens with one attached hydrogen (secondary N) is 1. The Kier molecular flexibility index (Phi) is 6.54. The second kappa shape index (κ2) is 9.08. The summed E-state index contributed by atoms with van der Waals surface area (Å²) in [5, 5.41) is 12.8. The van der Waals surface area contributed by atoms with E-state index in [2.05, 4.69) is 22.1 Å². The van der Waals surface area contributed by atoms with E-state index in [1.54, 1.807) is 12.1 Å². The summed E-state index contributed by atoms with van der Waals surface area (Å²) in [4.78, 5) is 12.4. The minimum Gasteiger partial charge on any atom is -0.325 e. The number of anilines is 1. The van der Waals surface area contributed by atoms with E-state index < -0.39 is 0 Å². The summed E-state index contributed by atoms with van der Waals surface area (Å²) in [5.41, 5.74) is 3.69. The average molecular weight is 413 g/mol. The first-order chi connectivity index (χ1) is 13.5. The summed E-state index contributed by atoms with van der Waals surface area (Å²) in [7, 11) is 0. The molecule has 0 aliphatic heterocycles. The lowest BCUT2D eigenvalue weighted by molar-refractivity contribution is -0.113. The maximum Gasteiger partial charge on any atom is 0.234 e. The van der Waals surface area contributed by atoms with Crippen LogP contribution in [0.1, 0.15) is 11.1 Å². The van der Waals surface area contributed by atoms with Crippen molar-refractivity contribution in [3.8, 4) is 11.4 Å². The molecule has 1 N–H and O–H groups in total. The number of hydrogen-bond donors (Lipinski definition) is 1. The van der Waals surface area contributed by atoms with Crippen LogP contribution in [-0.4, -0.2) is 26.4 Å². The van der Waals surface area contributed by atoms with E-state index in [9.17, 15) is 4.79 Å². The molecule has 1 amide bonds. The number of aromatic nitrogens is 3. The predicted molar refractivity (Wildman–Crippen MR) is 116 cm³/mol. The minimum atomic E-state index is -0.124. The van der Waals surface area contributed by atoms with Gasteiger partial charge in [0.15, 0.2) is 11.0 Å². The molecule has 0 aliphatic carbocycles. The molecule has 3 rings (SSSR count). The zero-order chi connectivity index (χ0) is 20.1. The summed E-state index contributed by atoms with van der Waals surface area (Å²) < 4.78 is 1.97. The van der Waals surface area contributed by atoms with Crippen molar-refractivity contribution in [2.75, 3.05) is 11.1 Å². The van der Waals surface area contributed by atoms with Crippen molar-refractivity contribution in [3.05, 3.63) is 71.3 Å². The quantitative estimate of drug-likeness (QED) is 0.431. The number of halogens is 1. The summed E-state index contributed by atoms with van der Waals surface area (Å²) in [6.45, 7) is 8.30. The van der Waals surface area contributed by atoms with Crippen molar-refractivity contribution in [2.45, 2.75) is 25.5 Å². The number of benzene rings is 2. The molecule has 7 heteroatoms. The van der Waals surface area contributed by atoms with Gasteiger partial charge in [-0.1, -0.05) is 59.8 Å². The number of nitrogens with zero attached hydrogens (tertiary/aromatic N) is 3. The van der Waals surface area contributed by atoms with E-state index >= 15 is 0 Å². The highest BCUT2D eigenvalue weighted by atomic mass is 35.5. The largest absolute Gasteiger partial charge is 0.325 e. The van der Waals surface area contributed by atoms with Gasteiger partial charge < -0.3 is 5.32 Å². The highest BCUT2D eigenvalue weighted by Crippen LogP contribution is 2.27. The Morgan fingerprint density at radius 2 is 2.00 bits per heavy atom. The second-order valence-corrected chi connectivity index (χ2v) is 7.62. The number of carbonyl (C=O) groups is 1. The van der Waals surface area contributed by atoms with Crippen LogP contribution in [0.25, 0.3) is 11.4 Å². The number of allylic oxidation sites excluding steroid dienone is 1. The van der Waals surface area contributed by atoms with Crippen LogP contribution in [0.3, 0.4) is 0 Å². The molecule has 0 unspecified atom stereocenters. The van der Waals surface area contributed by atoms with Crippen LogP contribution in [0, 0.1) is 13.8 Å². The Labute approximate surface area is 173 Å². The smallest absolute Gasteiger partial charge is 0.234 e. The van der Waals surface area contributed by atoms with Crippen molar-refractivity contribution in [1.82, 2.24) is 14.8 Å². The normalized spacial score (nSPS) is 10.7. The fourth-order valence-corrected chi connectivity index (χ4v) is 3.69. The van der Waals surface area contributed by atoms with Gasteiger partial charge in [0.1, 0.15) is 0 Å². The van der Waals surface area contributed by atoms with Gasteiger partial charge in [0.25, 0.3) is 0 Å². The Hall–Kier alpha value is -2.57. The van der Waals surface area contributed by atoms with E-state index in [0.717, 1.165) is 22.5 Å². The molecule has 1 aromatic heterocycles. The van der Waals surface area contributed by atoms with Crippen LogP contribution in [0.2, 0.25) is 5.02 Å². The van der Waals surface area contributed by atoms with E-state index in [1.165, 1.54) is 11.8 Å². The molecule has 0 aliphatic rings. The molecule has 0 fully saturated rings. The molecule has 0 bridgehead atoms. The fourth-order valence-electron chi connectivity index (χ4n) is 2.77. The summed E-state index contributed by atoms with van der Waals surface area (Å²) in [6, 6.07) is 13.5. The molecule has 0 radical (unpaired) electrons. The molecular weight excluding hydrogens is 392 g/mol. The summed E-state index contributed by atoms with van der Waals surface area (Å²) in [5.74, 6) is 0.863. The molecule has 0 saturated heterocycles. The Morgan fingerprint density at radius 1 is 1.21 bits per heavy atom. The molecule has 3 aromatic rings. The number of aryl methyl sites for hydroxylation is 1. The Bertz CT molecular complexity index is 1020. The highest BCUT2D eigenvalue weighted by molar-refractivity contribution is 7.99. The third-order valence-electron chi connectivity index (χ3n) is 4.29. The van der Waals surface area contributed by atoms with Gasteiger partial charge in [-0.2, -0.15) is 0 Å². The topological polar surface area (TPSA) is 59.8 Å². The number of hydrogen-bond acceptors (Lipinski definition) is 4. The number of carbonyl (C=O) groups excluding carboxylic acids is 1. The van der Waals surface area contributed by atoms with Gasteiger partial charge in [0.05, 0.1) is 5.75 Å². The van der Waals surface area contributed by atoms with Gasteiger partial charge in [-0.05, 0) is 37.1 Å². The molecular formula is C21H21ClN4OS. The van der Waals surface area contributed by atoms with Crippen LogP contribution in [0.15, 0.2) is 60.3 Å². The van der Waals surface area contributed by atoms with Gasteiger partial charge in [0, 0.05) is 22.8 Å². The SMILES string of the molecule is C=CCn1c(SCC(=O)Nc2cccc(Cl)c2C)nnc1-c1ccccc1C. The van der Waals surface area contributed by atoms with E-state index in [4.69, 9.17) is 11.6 Å². The van der Waals surface area contributed by atoms with E-state index in [0.29, 0.717) is 22.4 Å². The lowest BCUT2D eigenvalue weighted by Crippen LogP contribution is -2.15.